The molecule has 1 saturated carbocycles. The van der Waals surface area contributed by atoms with Crippen molar-refractivity contribution in [2.45, 2.75) is 40.2 Å². The molecule has 1 aliphatic carbocycles. The maximum absolute atomic E-state index is 13.0. The van der Waals surface area contributed by atoms with Gasteiger partial charge in [0.1, 0.15) is 5.82 Å². The van der Waals surface area contributed by atoms with Crippen LogP contribution in [0.15, 0.2) is 39.9 Å². The Labute approximate surface area is 164 Å². The Morgan fingerprint density at radius 1 is 1.29 bits per heavy atom. The first-order valence-corrected chi connectivity index (χ1v) is 9.77. The molecule has 150 valence electrons. The minimum absolute atomic E-state index is 0.0306. The van der Waals surface area contributed by atoms with E-state index in [1.165, 1.54) is 9.47 Å². The average Bonchev–Trinajstić information content (AvgIpc) is 3.38. The number of carbonyl (C=O) groups is 1. The van der Waals surface area contributed by atoms with E-state index in [1.54, 1.807) is 0 Å². The molecule has 0 spiro atoms. The van der Waals surface area contributed by atoms with Crippen molar-refractivity contribution in [2.75, 3.05) is 17.2 Å². The van der Waals surface area contributed by atoms with E-state index in [0.717, 1.165) is 18.4 Å². The van der Waals surface area contributed by atoms with Crippen LogP contribution in [0.3, 0.4) is 0 Å². The predicted molar refractivity (Wildman–Crippen MR) is 110 cm³/mol. The zero-order chi connectivity index (χ0) is 20.4. The van der Waals surface area contributed by atoms with Crippen LogP contribution in [0.25, 0.3) is 0 Å². The molecule has 1 amide bonds. The van der Waals surface area contributed by atoms with Gasteiger partial charge in [0.05, 0.1) is 6.54 Å². The van der Waals surface area contributed by atoms with Crippen LogP contribution in [-0.2, 0) is 11.3 Å². The first-order chi connectivity index (χ1) is 13.3. The highest BCUT2D eigenvalue weighted by Crippen LogP contribution is 2.40. The third kappa shape index (κ3) is 4.18. The van der Waals surface area contributed by atoms with E-state index in [-0.39, 0.29) is 29.9 Å². The van der Waals surface area contributed by atoms with Gasteiger partial charge in [-0.05, 0) is 30.2 Å². The largest absolute Gasteiger partial charge is 0.383 e. The van der Waals surface area contributed by atoms with Crippen molar-refractivity contribution in [2.24, 2.45) is 17.8 Å². The van der Waals surface area contributed by atoms with Gasteiger partial charge in [-0.3, -0.25) is 19.1 Å². The number of hydrogen-bond acceptors (Lipinski definition) is 4. The predicted octanol–water partition coefficient (Wildman–Crippen LogP) is 2.20. The Kier molecular flexibility index (Phi) is 5.72. The summed E-state index contributed by atoms with van der Waals surface area (Å²) in [6, 6.07) is 9.39. The number of H-pyrrole nitrogens is 1. The Morgan fingerprint density at radius 2 is 1.93 bits per heavy atom. The number of aromatic nitrogens is 2. The molecule has 1 heterocycles. The molecule has 1 aliphatic rings. The lowest BCUT2D eigenvalue weighted by Gasteiger charge is -2.25. The lowest BCUT2D eigenvalue weighted by Crippen LogP contribution is -2.42. The van der Waals surface area contributed by atoms with Gasteiger partial charge in [0, 0.05) is 12.5 Å². The van der Waals surface area contributed by atoms with Crippen LogP contribution in [0.5, 0.6) is 0 Å². The molecular weight excluding hydrogens is 356 g/mol. The standard InChI is InChI=1S/C21H28N4O3/c1-13(2)9-10-24(20(27)16-11-14(16)3)17-18(22)25(21(28)23-19(17)26)12-15-7-5-4-6-8-15/h4-8,13-14,16H,9-12,22H2,1-3H3,(H,23,26,28)/t14-,16-/m1/s1. The van der Waals surface area contributed by atoms with Gasteiger partial charge in [-0.25, -0.2) is 4.79 Å². The van der Waals surface area contributed by atoms with Crippen LogP contribution >= 0.6 is 0 Å². The molecule has 3 N–H and O–H groups in total. The Hall–Kier alpha value is -2.83. The van der Waals surface area contributed by atoms with Crippen molar-refractivity contribution >= 4 is 17.4 Å². The Bertz CT molecular complexity index is 962. The molecule has 7 heteroatoms. The summed E-state index contributed by atoms with van der Waals surface area (Å²) in [4.78, 5) is 41.9. The zero-order valence-electron chi connectivity index (χ0n) is 16.6. The number of nitrogens with one attached hydrogen (secondary N) is 1. The van der Waals surface area contributed by atoms with Crippen molar-refractivity contribution < 1.29 is 4.79 Å². The summed E-state index contributed by atoms with van der Waals surface area (Å²) in [5.41, 5.74) is 6.05. The summed E-state index contributed by atoms with van der Waals surface area (Å²) >= 11 is 0. The second-order valence-electron chi connectivity index (χ2n) is 8.06. The monoisotopic (exact) mass is 384 g/mol. The average molecular weight is 384 g/mol. The molecule has 2 aromatic rings. The smallest absolute Gasteiger partial charge is 0.330 e. The zero-order valence-corrected chi connectivity index (χ0v) is 16.6. The van der Waals surface area contributed by atoms with Gasteiger partial charge in [-0.15, -0.1) is 0 Å². The van der Waals surface area contributed by atoms with Gasteiger partial charge in [0.2, 0.25) is 5.91 Å². The summed E-state index contributed by atoms with van der Waals surface area (Å²) < 4.78 is 1.32. The van der Waals surface area contributed by atoms with Crippen molar-refractivity contribution in [1.82, 2.24) is 9.55 Å². The Morgan fingerprint density at radius 3 is 2.50 bits per heavy atom. The summed E-state index contributed by atoms with van der Waals surface area (Å²) in [5, 5.41) is 0. The number of nitrogen functional groups attached to an aromatic ring is 1. The molecule has 7 nitrogen and oxygen atoms in total. The van der Waals surface area contributed by atoms with E-state index in [2.05, 4.69) is 18.8 Å². The first kappa shape index (κ1) is 19.9. The number of aromatic amines is 1. The lowest BCUT2D eigenvalue weighted by molar-refractivity contribution is -0.120. The Balaban J connectivity index is 2.03. The fourth-order valence-electron chi connectivity index (χ4n) is 3.35. The molecule has 1 fully saturated rings. The van der Waals surface area contributed by atoms with Crippen LogP contribution < -0.4 is 21.9 Å². The fourth-order valence-corrected chi connectivity index (χ4v) is 3.35. The molecule has 1 aromatic heterocycles. The normalized spacial score (nSPS) is 18.3. The number of nitrogens with zero attached hydrogens (tertiary/aromatic N) is 2. The van der Waals surface area contributed by atoms with Gasteiger partial charge < -0.3 is 10.6 Å². The summed E-state index contributed by atoms with van der Waals surface area (Å²) in [6.07, 6.45) is 1.56. The fraction of sp³-hybridized carbons (Fsp3) is 0.476. The maximum atomic E-state index is 13.0. The topological polar surface area (TPSA) is 101 Å². The van der Waals surface area contributed by atoms with Gasteiger partial charge in [-0.1, -0.05) is 51.1 Å². The van der Waals surface area contributed by atoms with Crippen molar-refractivity contribution in [3.05, 3.63) is 56.7 Å². The molecule has 28 heavy (non-hydrogen) atoms. The minimum atomic E-state index is -0.614. The van der Waals surface area contributed by atoms with Crippen molar-refractivity contribution in [3.8, 4) is 0 Å². The van der Waals surface area contributed by atoms with Crippen LogP contribution in [0, 0.1) is 17.8 Å². The molecule has 0 radical (unpaired) electrons. The van der Waals surface area contributed by atoms with Crippen LogP contribution in [0.2, 0.25) is 0 Å². The molecule has 0 unspecified atom stereocenters. The third-order valence-corrected chi connectivity index (χ3v) is 5.29. The number of anilines is 2. The number of nitrogens with two attached hydrogens (primary N) is 1. The van der Waals surface area contributed by atoms with Gasteiger partial charge in [0.25, 0.3) is 5.56 Å². The minimum Gasteiger partial charge on any atom is -0.383 e. The van der Waals surface area contributed by atoms with E-state index in [0.29, 0.717) is 18.4 Å². The molecule has 0 saturated heterocycles. The molecular formula is C21H28N4O3. The van der Waals surface area contributed by atoms with Crippen molar-refractivity contribution in [3.63, 3.8) is 0 Å². The highest BCUT2D eigenvalue weighted by molar-refractivity contribution is 5.98. The van der Waals surface area contributed by atoms with Crippen molar-refractivity contribution in [1.29, 1.82) is 0 Å². The van der Waals surface area contributed by atoms with E-state index in [9.17, 15) is 14.4 Å². The van der Waals surface area contributed by atoms with E-state index >= 15 is 0 Å². The third-order valence-electron chi connectivity index (χ3n) is 5.29. The highest BCUT2D eigenvalue weighted by atomic mass is 16.2. The first-order valence-electron chi connectivity index (χ1n) is 9.77. The van der Waals surface area contributed by atoms with Crippen LogP contribution in [-0.4, -0.2) is 22.0 Å². The maximum Gasteiger partial charge on any atom is 0.330 e. The quantitative estimate of drug-likeness (QED) is 0.764. The summed E-state index contributed by atoms with van der Waals surface area (Å²) in [7, 11) is 0. The SMILES string of the molecule is CC(C)CCN(C(=O)[C@@H]1C[C@H]1C)c1c(N)n(Cc2ccccc2)c(=O)[nH]c1=O. The molecule has 1 aromatic carbocycles. The van der Waals surface area contributed by atoms with E-state index in [4.69, 9.17) is 5.73 Å². The molecule has 0 bridgehead atoms. The van der Waals surface area contributed by atoms with Gasteiger partial charge in [0.15, 0.2) is 5.69 Å². The second-order valence-corrected chi connectivity index (χ2v) is 8.06. The summed E-state index contributed by atoms with van der Waals surface area (Å²) in [5.74, 6) is 0.533. The number of benzene rings is 1. The molecule has 3 rings (SSSR count). The number of hydrogen-bond donors (Lipinski definition) is 2. The van der Waals surface area contributed by atoms with E-state index < -0.39 is 11.2 Å². The number of rotatable bonds is 7. The second kappa shape index (κ2) is 8.04. The summed E-state index contributed by atoms with van der Waals surface area (Å²) in [6.45, 7) is 6.77. The lowest BCUT2D eigenvalue weighted by atomic mass is 10.1. The van der Waals surface area contributed by atoms with Crippen LogP contribution in [0.1, 0.15) is 39.2 Å². The molecule has 0 aliphatic heterocycles. The van der Waals surface area contributed by atoms with Gasteiger partial charge in [-0.2, -0.15) is 0 Å². The van der Waals surface area contributed by atoms with Gasteiger partial charge >= 0.3 is 5.69 Å². The molecule has 2 atom stereocenters. The van der Waals surface area contributed by atoms with Crippen LogP contribution in [0.4, 0.5) is 11.5 Å². The van der Waals surface area contributed by atoms with E-state index in [1.807, 2.05) is 37.3 Å². The number of carbonyl (C=O) groups excluding carboxylic acids is 1. The highest BCUT2D eigenvalue weighted by Gasteiger charge is 2.42. The number of amides is 1.